The first-order valence-corrected chi connectivity index (χ1v) is 8.87. The quantitative estimate of drug-likeness (QED) is 0.483. The van der Waals surface area contributed by atoms with Crippen LogP contribution in [0.5, 0.6) is 5.75 Å². The van der Waals surface area contributed by atoms with Crippen LogP contribution in [0.4, 0.5) is 0 Å². The van der Waals surface area contributed by atoms with Gasteiger partial charge in [0.05, 0.1) is 11.5 Å². The minimum Gasteiger partial charge on any atom is -0.508 e. The van der Waals surface area contributed by atoms with Crippen LogP contribution in [0.15, 0.2) is 58.7 Å². The molecule has 6 nitrogen and oxygen atoms in total. The Morgan fingerprint density at radius 1 is 1.19 bits per heavy atom. The summed E-state index contributed by atoms with van der Waals surface area (Å²) in [6.45, 7) is 1.95. The number of aryl methyl sites for hydroxylation is 1. The minimum atomic E-state index is -0.508. The molecular weight excluding hydrogens is 350 g/mol. The molecule has 2 aromatic carbocycles. The Morgan fingerprint density at radius 3 is 2.58 bits per heavy atom. The highest BCUT2D eigenvalue weighted by Crippen LogP contribution is 2.24. The number of nitrogens with one attached hydrogen (secondary N) is 1. The van der Waals surface area contributed by atoms with Crippen molar-refractivity contribution in [2.45, 2.75) is 18.6 Å². The van der Waals surface area contributed by atoms with Crippen molar-refractivity contribution in [3.8, 4) is 5.75 Å². The van der Waals surface area contributed by atoms with Crippen molar-refractivity contribution in [3.05, 3.63) is 65.2 Å². The van der Waals surface area contributed by atoms with Crippen LogP contribution in [0.2, 0.25) is 0 Å². The second-order valence-electron chi connectivity index (χ2n) is 5.83. The average Bonchev–Trinajstić information content (AvgIpc) is 2.97. The third kappa shape index (κ3) is 4.58. The Kier molecular flexibility index (Phi) is 5.48. The van der Waals surface area contributed by atoms with Crippen molar-refractivity contribution in [1.29, 1.82) is 0 Å². The number of amidine groups is 1. The van der Waals surface area contributed by atoms with Crippen molar-refractivity contribution >= 4 is 34.8 Å². The predicted molar refractivity (Wildman–Crippen MR) is 103 cm³/mol. The van der Waals surface area contributed by atoms with Crippen LogP contribution in [0.25, 0.3) is 0 Å². The lowest BCUT2D eigenvalue weighted by atomic mass is 10.0. The van der Waals surface area contributed by atoms with Crippen LogP contribution in [0.1, 0.15) is 27.9 Å². The number of nitrogens with zero attached hydrogens (tertiary/aromatic N) is 2. The minimum absolute atomic E-state index is 0.0773. The van der Waals surface area contributed by atoms with Gasteiger partial charge in [0.1, 0.15) is 5.75 Å². The molecule has 1 amide bonds. The van der Waals surface area contributed by atoms with E-state index in [0.717, 1.165) is 11.1 Å². The lowest BCUT2D eigenvalue weighted by molar-refractivity contribution is -0.118. The number of ketones is 1. The number of hydrogen-bond donors (Lipinski definition) is 2. The highest BCUT2D eigenvalue weighted by molar-refractivity contribution is 8.15. The number of thioether (sulfide) groups is 1. The van der Waals surface area contributed by atoms with Gasteiger partial charge in [-0.05, 0) is 36.8 Å². The normalized spacial score (nSPS) is 18.4. The van der Waals surface area contributed by atoms with E-state index in [9.17, 15) is 14.7 Å². The number of amides is 1. The molecule has 3 rings (SSSR count). The summed E-state index contributed by atoms with van der Waals surface area (Å²) in [5.41, 5.74) is 2.45. The van der Waals surface area contributed by atoms with Crippen molar-refractivity contribution in [2.75, 3.05) is 0 Å². The molecule has 2 N–H and O–H groups in total. The fraction of sp³-hybridized carbons (Fsp3) is 0.158. The van der Waals surface area contributed by atoms with Crippen molar-refractivity contribution < 1.29 is 14.7 Å². The maximum atomic E-state index is 12.3. The van der Waals surface area contributed by atoms with Crippen molar-refractivity contribution in [1.82, 2.24) is 5.32 Å². The molecule has 7 heteroatoms. The van der Waals surface area contributed by atoms with E-state index >= 15 is 0 Å². The van der Waals surface area contributed by atoms with Gasteiger partial charge in [0.25, 0.3) is 0 Å². The molecule has 1 aliphatic heterocycles. The molecule has 0 saturated carbocycles. The van der Waals surface area contributed by atoms with Crippen LogP contribution in [-0.4, -0.2) is 33.4 Å². The second kappa shape index (κ2) is 7.97. The maximum Gasteiger partial charge on any atom is 0.240 e. The number of phenolic OH excluding ortho intramolecular Hbond substituents is 1. The van der Waals surface area contributed by atoms with Crippen LogP contribution in [-0.2, 0) is 4.79 Å². The Bertz CT molecular complexity index is 874. The maximum absolute atomic E-state index is 12.3. The first kappa shape index (κ1) is 17.9. The molecule has 26 heavy (non-hydrogen) atoms. The zero-order valence-corrected chi connectivity index (χ0v) is 14.9. The zero-order chi connectivity index (χ0) is 18.5. The molecule has 1 unspecified atom stereocenters. The van der Waals surface area contributed by atoms with Gasteiger partial charge in [0.2, 0.25) is 5.91 Å². The number of phenols is 1. The molecule has 0 bridgehead atoms. The van der Waals surface area contributed by atoms with Gasteiger partial charge in [-0.15, -0.1) is 5.10 Å². The molecule has 0 spiro atoms. The summed E-state index contributed by atoms with van der Waals surface area (Å²) in [6.07, 6.45) is 1.63. The Labute approximate surface area is 155 Å². The lowest BCUT2D eigenvalue weighted by Gasteiger charge is -2.04. The van der Waals surface area contributed by atoms with E-state index in [1.54, 1.807) is 36.4 Å². The number of aromatic hydroxyl groups is 1. The first-order valence-electron chi connectivity index (χ1n) is 7.99. The standard InChI is InChI=1S/C19H17N3O3S/c1-12-2-6-14(7-3-12)16(24)10-17-18(25)21-19(26-17)22-20-11-13-4-8-15(23)9-5-13/h2-9,11,17,23H,10H2,1H3,(H,21,22,25)/b20-11+. The van der Waals surface area contributed by atoms with Gasteiger partial charge in [0, 0.05) is 12.0 Å². The highest BCUT2D eigenvalue weighted by atomic mass is 32.2. The fourth-order valence-corrected chi connectivity index (χ4v) is 3.24. The average molecular weight is 367 g/mol. The zero-order valence-electron chi connectivity index (χ0n) is 14.0. The van der Waals surface area contributed by atoms with Gasteiger partial charge in [-0.3, -0.25) is 9.59 Å². The van der Waals surface area contributed by atoms with Crippen molar-refractivity contribution in [3.63, 3.8) is 0 Å². The van der Waals surface area contributed by atoms with Crippen LogP contribution in [0.3, 0.4) is 0 Å². The number of hydrogen-bond acceptors (Lipinski definition) is 6. The first-order chi connectivity index (χ1) is 12.5. The number of benzene rings is 2. The van der Waals surface area contributed by atoms with E-state index in [1.807, 2.05) is 19.1 Å². The number of rotatable bonds is 5. The van der Waals surface area contributed by atoms with E-state index in [0.29, 0.717) is 10.7 Å². The molecule has 2 aromatic rings. The van der Waals surface area contributed by atoms with Gasteiger partial charge in [0.15, 0.2) is 11.0 Å². The summed E-state index contributed by atoms with van der Waals surface area (Å²) < 4.78 is 0. The summed E-state index contributed by atoms with van der Waals surface area (Å²) >= 11 is 1.20. The highest BCUT2D eigenvalue weighted by Gasteiger charge is 2.32. The molecule has 0 aromatic heterocycles. The number of carbonyl (C=O) groups is 2. The van der Waals surface area contributed by atoms with E-state index in [-0.39, 0.29) is 23.9 Å². The monoisotopic (exact) mass is 367 g/mol. The van der Waals surface area contributed by atoms with E-state index in [2.05, 4.69) is 15.5 Å². The van der Waals surface area contributed by atoms with Crippen LogP contribution < -0.4 is 5.32 Å². The SMILES string of the molecule is Cc1ccc(C(=O)CC2S/C(=N/N=C/c3ccc(O)cc3)NC2=O)cc1. The van der Waals surface area contributed by atoms with E-state index in [1.165, 1.54) is 18.0 Å². The summed E-state index contributed by atoms with van der Waals surface area (Å²) in [4.78, 5) is 24.3. The van der Waals surface area contributed by atoms with Gasteiger partial charge in [-0.25, -0.2) is 0 Å². The third-order valence-electron chi connectivity index (χ3n) is 3.77. The predicted octanol–water partition coefficient (Wildman–Crippen LogP) is 2.90. The van der Waals surface area contributed by atoms with Gasteiger partial charge in [-0.1, -0.05) is 41.6 Å². The summed E-state index contributed by atoms with van der Waals surface area (Å²) in [6, 6.07) is 13.8. The van der Waals surface area contributed by atoms with Gasteiger partial charge >= 0.3 is 0 Å². The fourth-order valence-electron chi connectivity index (χ4n) is 2.32. The van der Waals surface area contributed by atoms with Crippen LogP contribution in [0, 0.1) is 6.92 Å². The smallest absolute Gasteiger partial charge is 0.240 e. The largest absolute Gasteiger partial charge is 0.508 e. The molecular formula is C19H17N3O3S. The second-order valence-corrected chi connectivity index (χ2v) is 7.02. The molecule has 1 fully saturated rings. The van der Waals surface area contributed by atoms with E-state index in [4.69, 9.17) is 0 Å². The van der Waals surface area contributed by atoms with Crippen LogP contribution >= 0.6 is 11.8 Å². The topological polar surface area (TPSA) is 91.1 Å². The lowest BCUT2D eigenvalue weighted by Crippen LogP contribution is -2.26. The summed E-state index contributed by atoms with van der Waals surface area (Å²) in [5, 5.41) is 19.6. The number of carbonyl (C=O) groups excluding carboxylic acids is 2. The van der Waals surface area contributed by atoms with E-state index < -0.39 is 5.25 Å². The van der Waals surface area contributed by atoms with Crippen molar-refractivity contribution in [2.24, 2.45) is 10.2 Å². The number of Topliss-reactive ketones (excluding diaryl/α,β-unsaturated/α-hetero) is 1. The molecule has 1 aliphatic rings. The summed E-state index contributed by atoms with van der Waals surface area (Å²) in [5.74, 6) is -0.145. The Hall–Kier alpha value is -2.93. The molecule has 0 aliphatic carbocycles. The molecule has 0 radical (unpaired) electrons. The Morgan fingerprint density at radius 2 is 1.88 bits per heavy atom. The third-order valence-corrected chi connectivity index (χ3v) is 4.84. The van der Waals surface area contributed by atoms with Gasteiger partial charge < -0.3 is 10.4 Å². The van der Waals surface area contributed by atoms with Gasteiger partial charge in [-0.2, -0.15) is 5.10 Å². The molecule has 1 saturated heterocycles. The Balaban J connectivity index is 1.60. The molecule has 132 valence electrons. The summed E-state index contributed by atoms with van der Waals surface area (Å²) in [7, 11) is 0. The molecule has 1 heterocycles. The molecule has 1 atom stereocenters.